The third-order valence-electron chi connectivity index (χ3n) is 3.75. The van der Waals surface area contributed by atoms with E-state index in [4.69, 9.17) is 21.1 Å². The van der Waals surface area contributed by atoms with Gasteiger partial charge in [-0.2, -0.15) is 0 Å². The molecule has 1 N–H and O–H groups in total. The van der Waals surface area contributed by atoms with E-state index >= 15 is 0 Å². The highest BCUT2D eigenvalue weighted by Crippen LogP contribution is 2.38. The van der Waals surface area contributed by atoms with Crippen LogP contribution in [-0.2, 0) is 6.54 Å². The molecule has 19 heavy (non-hydrogen) atoms. The average Bonchev–Trinajstić information content (AvgIpc) is 2.86. The SMILES string of the molecule is OC[C@H]1CCCN1Cc1cc(Cl)c2c(c1)OCCO2. The monoisotopic (exact) mass is 283 g/mol. The van der Waals surface area contributed by atoms with Crippen molar-refractivity contribution in [2.45, 2.75) is 25.4 Å². The fourth-order valence-corrected chi connectivity index (χ4v) is 3.09. The Bertz CT molecular complexity index is 466. The number of benzene rings is 1. The lowest BCUT2D eigenvalue weighted by molar-refractivity contribution is 0.152. The molecule has 0 bridgehead atoms. The molecule has 0 aromatic heterocycles. The van der Waals surface area contributed by atoms with E-state index < -0.39 is 0 Å². The molecule has 0 amide bonds. The number of rotatable bonds is 3. The van der Waals surface area contributed by atoms with Crippen molar-refractivity contribution in [3.05, 3.63) is 22.7 Å². The summed E-state index contributed by atoms with van der Waals surface area (Å²) in [5.74, 6) is 1.38. The highest BCUT2D eigenvalue weighted by Gasteiger charge is 2.24. The molecule has 2 aliphatic heterocycles. The largest absolute Gasteiger partial charge is 0.486 e. The van der Waals surface area contributed by atoms with Crippen LogP contribution in [0.25, 0.3) is 0 Å². The molecular weight excluding hydrogens is 266 g/mol. The van der Waals surface area contributed by atoms with Crippen molar-refractivity contribution in [2.75, 3.05) is 26.4 Å². The topological polar surface area (TPSA) is 41.9 Å². The number of ether oxygens (including phenoxy) is 2. The molecule has 1 fully saturated rings. The van der Waals surface area contributed by atoms with Crippen molar-refractivity contribution >= 4 is 11.6 Å². The van der Waals surface area contributed by atoms with Crippen molar-refractivity contribution in [2.24, 2.45) is 0 Å². The second kappa shape index (κ2) is 5.57. The zero-order chi connectivity index (χ0) is 13.2. The number of nitrogens with zero attached hydrogens (tertiary/aromatic N) is 1. The molecule has 0 radical (unpaired) electrons. The maximum Gasteiger partial charge on any atom is 0.179 e. The van der Waals surface area contributed by atoms with Crippen molar-refractivity contribution in [1.29, 1.82) is 0 Å². The summed E-state index contributed by atoms with van der Waals surface area (Å²) < 4.78 is 11.1. The van der Waals surface area contributed by atoms with E-state index in [1.807, 2.05) is 12.1 Å². The molecule has 0 unspecified atom stereocenters. The van der Waals surface area contributed by atoms with Gasteiger partial charge in [-0.05, 0) is 37.1 Å². The number of aliphatic hydroxyl groups is 1. The average molecular weight is 284 g/mol. The Labute approximate surface area is 117 Å². The van der Waals surface area contributed by atoms with Gasteiger partial charge in [-0.15, -0.1) is 0 Å². The lowest BCUT2D eigenvalue weighted by Gasteiger charge is -2.24. The van der Waals surface area contributed by atoms with Crippen molar-refractivity contribution in [3.63, 3.8) is 0 Å². The second-order valence-electron chi connectivity index (χ2n) is 5.05. The maximum atomic E-state index is 9.35. The summed E-state index contributed by atoms with van der Waals surface area (Å²) in [6.45, 7) is 3.15. The standard InChI is InChI=1S/C14H18ClNO3/c15-12-6-10(7-13-14(12)19-5-4-18-13)8-16-3-1-2-11(16)9-17/h6-7,11,17H,1-5,8-9H2/t11-/m1/s1. The zero-order valence-electron chi connectivity index (χ0n) is 10.8. The Morgan fingerprint density at radius 3 is 3.00 bits per heavy atom. The number of likely N-dealkylation sites (tertiary alicyclic amines) is 1. The molecule has 0 spiro atoms. The van der Waals surface area contributed by atoms with Crippen LogP contribution in [0.2, 0.25) is 5.02 Å². The van der Waals surface area contributed by atoms with Crippen LogP contribution in [0.5, 0.6) is 11.5 Å². The summed E-state index contributed by atoms with van der Waals surface area (Å²) in [7, 11) is 0. The fourth-order valence-electron chi connectivity index (χ4n) is 2.80. The maximum absolute atomic E-state index is 9.35. The van der Waals surface area contributed by atoms with Crippen LogP contribution in [-0.4, -0.2) is 42.4 Å². The normalized spacial score (nSPS) is 22.7. The van der Waals surface area contributed by atoms with Crippen molar-refractivity contribution < 1.29 is 14.6 Å². The van der Waals surface area contributed by atoms with Crippen LogP contribution in [0.4, 0.5) is 0 Å². The van der Waals surface area contributed by atoms with E-state index in [1.165, 1.54) is 0 Å². The smallest absolute Gasteiger partial charge is 0.179 e. The van der Waals surface area contributed by atoms with E-state index in [0.717, 1.165) is 37.2 Å². The van der Waals surface area contributed by atoms with Crippen molar-refractivity contribution in [3.8, 4) is 11.5 Å². The highest BCUT2D eigenvalue weighted by atomic mass is 35.5. The summed E-state index contributed by atoms with van der Waals surface area (Å²) in [6.07, 6.45) is 2.21. The predicted molar refractivity (Wildman–Crippen MR) is 73.0 cm³/mol. The van der Waals surface area contributed by atoms with Gasteiger partial charge in [0, 0.05) is 12.6 Å². The van der Waals surface area contributed by atoms with Gasteiger partial charge in [0.05, 0.1) is 11.6 Å². The molecule has 1 aromatic carbocycles. The molecule has 1 aromatic rings. The molecule has 3 rings (SSSR count). The summed E-state index contributed by atoms with van der Waals surface area (Å²) >= 11 is 6.23. The van der Waals surface area contributed by atoms with E-state index in [9.17, 15) is 5.11 Å². The molecule has 0 saturated carbocycles. The van der Waals surface area contributed by atoms with Gasteiger partial charge in [-0.3, -0.25) is 4.90 Å². The summed E-state index contributed by atoms with van der Waals surface area (Å²) in [6, 6.07) is 4.20. The van der Waals surface area contributed by atoms with Crippen LogP contribution >= 0.6 is 11.6 Å². The van der Waals surface area contributed by atoms with Gasteiger partial charge in [0.25, 0.3) is 0 Å². The molecule has 1 saturated heterocycles. The highest BCUT2D eigenvalue weighted by molar-refractivity contribution is 6.32. The minimum absolute atomic E-state index is 0.221. The van der Waals surface area contributed by atoms with Crippen LogP contribution in [0.3, 0.4) is 0 Å². The number of halogens is 1. The number of hydrogen-bond donors (Lipinski definition) is 1. The Morgan fingerprint density at radius 1 is 1.32 bits per heavy atom. The van der Waals surface area contributed by atoms with E-state index in [1.54, 1.807) is 0 Å². The number of fused-ring (bicyclic) bond motifs is 1. The minimum Gasteiger partial charge on any atom is -0.486 e. The molecule has 0 aliphatic carbocycles. The van der Waals surface area contributed by atoms with Crippen LogP contribution in [0.1, 0.15) is 18.4 Å². The molecular formula is C14H18ClNO3. The van der Waals surface area contributed by atoms with Gasteiger partial charge in [0.15, 0.2) is 11.5 Å². The second-order valence-corrected chi connectivity index (χ2v) is 5.46. The fraction of sp³-hybridized carbons (Fsp3) is 0.571. The molecule has 2 heterocycles. The van der Waals surface area contributed by atoms with Gasteiger partial charge in [0.2, 0.25) is 0 Å². The first-order valence-corrected chi connectivity index (χ1v) is 7.08. The Kier molecular flexibility index (Phi) is 3.82. The molecule has 2 aliphatic rings. The quantitative estimate of drug-likeness (QED) is 0.922. The van der Waals surface area contributed by atoms with E-state index in [-0.39, 0.29) is 12.6 Å². The third kappa shape index (κ3) is 2.66. The molecule has 5 heteroatoms. The van der Waals surface area contributed by atoms with E-state index in [0.29, 0.717) is 24.0 Å². The summed E-state index contributed by atoms with van der Waals surface area (Å²) in [5.41, 5.74) is 1.11. The first kappa shape index (κ1) is 13.0. The van der Waals surface area contributed by atoms with Gasteiger partial charge >= 0.3 is 0 Å². The van der Waals surface area contributed by atoms with E-state index in [2.05, 4.69) is 4.90 Å². The Hall–Kier alpha value is -0.970. The van der Waals surface area contributed by atoms with Crippen LogP contribution < -0.4 is 9.47 Å². The minimum atomic E-state index is 0.221. The first-order chi connectivity index (χ1) is 9.28. The number of hydrogen-bond acceptors (Lipinski definition) is 4. The number of aliphatic hydroxyl groups excluding tert-OH is 1. The third-order valence-corrected chi connectivity index (χ3v) is 4.03. The van der Waals surface area contributed by atoms with Gasteiger partial charge in [-0.1, -0.05) is 11.6 Å². The van der Waals surface area contributed by atoms with Crippen molar-refractivity contribution in [1.82, 2.24) is 4.90 Å². The summed E-state index contributed by atoms with van der Waals surface area (Å²) in [5, 5.41) is 9.95. The van der Waals surface area contributed by atoms with Crippen LogP contribution in [0.15, 0.2) is 12.1 Å². The van der Waals surface area contributed by atoms with Gasteiger partial charge < -0.3 is 14.6 Å². The summed E-state index contributed by atoms with van der Waals surface area (Å²) in [4.78, 5) is 2.29. The van der Waals surface area contributed by atoms with Gasteiger partial charge in [0.1, 0.15) is 13.2 Å². The molecule has 4 nitrogen and oxygen atoms in total. The molecule has 1 atom stereocenters. The van der Waals surface area contributed by atoms with Gasteiger partial charge in [-0.25, -0.2) is 0 Å². The lowest BCUT2D eigenvalue weighted by atomic mass is 10.1. The zero-order valence-corrected chi connectivity index (χ0v) is 11.5. The lowest BCUT2D eigenvalue weighted by Crippen LogP contribution is -2.31. The predicted octanol–water partition coefficient (Wildman–Crippen LogP) is 2.07. The van der Waals surface area contributed by atoms with Crippen LogP contribution in [0, 0.1) is 0 Å². The molecule has 104 valence electrons. The first-order valence-electron chi connectivity index (χ1n) is 6.71. The Morgan fingerprint density at radius 2 is 2.16 bits per heavy atom. The Balaban J connectivity index is 1.79.